The van der Waals surface area contributed by atoms with E-state index in [2.05, 4.69) is 9.80 Å². The van der Waals surface area contributed by atoms with Gasteiger partial charge in [-0.25, -0.2) is 4.39 Å². The number of benzene rings is 1. The highest BCUT2D eigenvalue weighted by Gasteiger charge is 2.17. The highest BCUT2D eigenvalue weighted by atomic mass is 32.1. The Kier molecular flexibility index (Phi) is 3.91. The molecule has 0 saturated carbocycles. The quantitative estimate of drug-likeness (QED) is 0.821. The summed E-state index contributed by atoms with van der Waals surface area (Å²) in [4.78, 5) is 5.03. The van der Waals surface area contributed by atoms with Crippen LogP contribution in [0.25, 0.3) is 0 Å². The molecule has 0 aromatic heterocycles. The van der Waals surface area contributed by atoms with Gasteiger partial charge in [0, 0.05) is 38.4 Å². The molecule has 0 radical (unpaired) electrons. The van der Waals surface area contributed by atoms with Crippen LogP contribution in [0.4, 0.5) is 10.1 Å². The Labute approximate surface area is 106 Å². The van der Waals surface area contributed by atoms with Crippen LogP contribution >= 0.6 is 12.2 Å². The molecule has 0 bridgehead atoms. The predicted octanol–water partition coefficient (Wildman–Crippen LogP) is 1.23. The van der Waals surface area contributed by atoms with Crippen LogP contribution in [-0.4, -0.2) is 42.6 Å². The number of nitrogens with two attached hydrogens (primary N) is 1. The predicted molar refractivity (Wildman–Crippen MR) is 71.8 cm³/mol. The van der Waals surface area contributed by atoms with Crippen molar-refractivity contribution in [2.75, 3.05) is 37.6 Å². The lowest BCUT2D eigenvalue weighted by Crippen LogP contribution is -2.48. The van der Waals surface area contributed by atoms with E-state index >= 15 is 0 Å². The van der Waals surface area contributed by atoms with E-state index in [0.717, 1.165) is 31.9 Å². The number of hydrogen-bond donors (Lipinski definition) is 1. The molecule has 0 aliphatic carbocycles. The minimum atomic E-state index is -0.194. The molecule has 0 spiro atoms. The Morgan fingerprint density at radius 2 is 1.76 bits per heavy atom. The van der Waals surface area contributed by atoms with Crippen LogP contribution in [0.2, 0.25) is 0 Å². The van der Waals surface area contributed by atoms with Gasteiger partial charge in [-0.15, -0.1) is 0 Å². The third-order valence-corrected chi connectivity index (χ3v) is 3.07. The Balaban J connectivity index is 1.90. The summed E-state index contributed by atoms with van der Waals surface area (Å²) in [5.41, 5.74) is 6.59. The molecule has 2 rings (SSSR count). The molecule has 1 heterocycles. The average Bonchev–Trinajstić information content (AvgIpc) is 2.30. The lowest BCUT2D eigenvalue weighted by molar-refractivity contribution is 0.292. The zero-order chi connectivity index (χ0) is 12.3. The Morgan fingerprint density at radius 1 is 1.18 bits per heavy atom. The van der Waals surface area contributed by atoms with Gasteiger partial charge in [0.25, 0.3) is 0 Å². The molecule has 5 heteroatoms. The summed E-state index contributed by atoms with van der Waals surface area (Å²) in [6.07, 6.45) is 0. The topological polar surface area (TPSA) is 32.5 Å². The molecule has 17 heavy (non-hydrogen) atoms. The lowest BCUT2D eigenvalue weighted by atomic mass is 10.2. The summed E-state index contributed by atoms with van der Waals surface area (Å²) in [6, 6.07) is 6.63. The van der Waals surface area contributed by atoms with Gasteiger partial charge < -0.3 is 10.6 Å². The number of rotatable bonds is 3. The van der Waals surface area contributed by atoms with Crippen LogP contribution in [0.3, 0.4) is 0 Å². The maximum Gasteiger partial charge on any atom is 0.123 e. The first-order valence-corrected chi connectivity index (χ1v) is 6.07. The monoisotopic (exact) mass is 253 g/mol. The molecular weight excluding hydrogens is 237 g/mol. The molecule has 1 fully saturated rings. The van der Waals surface area contributed by atoms with Gasteiger partial charge in [0.1, 0.15) is 5.82 Å². The summed E-state index contributed by atoms with van der Waals surface area (Å²) in [5, 5.41) is 0. The fourth-order valence-electron chi connectivity index (χ4n) is 2.04. The van der Waals surface area contributed by atoms with Gasteiger partial charge in [0.05, 0.1) is 4.99 Å². The van der Waals surface area contributed by atoms with Gasteiger partial charge in [-0.05, 0) is 24.3 Å². The average molecular weight is 253 g/mol. The van der Waals surface area contributed by atoms with E-state index in [0.29, 0.717) is 11.5 Å². The van der Waals surface area contributed by atoms with Crippen molar-refractivity contribution >= 4 is 22.9 Å². The van der Waals surface area contributed by atoms with Crippen molar-refractivity contribution in [1.82, 2.24) is 4.90 Å². The van der Waals surface area contributed by atoms with Crippen LogP contribution in [-0.2, 0) is 0 Å². The van der Waals surface area contributed by atoms with Crippen molar-refractivity contribution in [1.29, 1.82) is 0 Å². The van der Waals surface area contributed by atoms with E-state index in [1.165, 1.54) is 12.1 Å². The van der Waals surface area contributed by atoms with E-state index in [4.69, 9.17) is 18.0 Å². The molecule has 2 N–H and O–H groups in total. The molecule has 1 aliphatic rings. The summed E-state index contributed by atoms with van der Waals surface area (Å²) < 4.78 is 12.8. The van der Waals surface area contributed by atoms with Gasteiger partial charge in [0.15, 0.2) is 0 Å². The van der Waals surface area contributed by atoms with Gasteiger partial charge in [-0.2, -0.15) is 0 Å². The second-order valence-electron chi connectivity index (χ2n) is 4.21. The Hall–Kier alpha value is -1.20. The summed E-state index contributed by atoms with van der Waals surface area (Å²) in [5.74, 6) is -0.194. The van der Waals surface area contributed by atoms with Gasteiger partial charge in [0.2, 0.25) is 0 Å². The van der Waals surface area contributed by atoms with Crippen LogP contribution in [0.5, 0.6) is 0 Å². The molecule has 3 nitrogen and oxygen atoms in total. The van der Waals surface area contributed by atoms with E-state index in [1.807, 2.05) is 12.1 Å². The second kappa shape index (κ2) is 5.42. The van der Waals surface area contributed by atoms with Crippen LogP contribution in [0.15, 0.2) is 24.3 Å². The van der Waals surface area contributed by atoms with Crippen molar-refractivity contribution in [3.63, 3.8) is 0 Å². The molecule has 1 saturated heterocycles. The third kappa shape index (κ3) is 3.38. The molecular formula is C12H16FN3S. The molecule has 1 aliphatic heterocycles. The first-order chi connectivity index (χ1) is 8.15. The standard InChI is InChI=1S/C12H16FN3S/c13-10-1-3-11(4-2-10)16-7-5-15(6-8-16)9-12(14)17/h1-4H,5-9H2,(H2,14,17). The Morgan fingerprint density at radius 3 is 2.29 bits per heavy atom. The summed E-state index contributed by atoms with van der Waals surface area (Å²) in [6.45, 7) is 4.42. The molecule has 0 amide bonds. The maximum absolute atomic E-state index is 12.8. The smallest absolute Gasteiger partial charge is 0.123 e. The third-order valence-electron chi connectivity index (χ3n) is 2.94. The van der Waals surface area contributed by atoms with Gasteiger partial charge >= 0.3 is 0 Å². The van der Waals surface area contributed by atoms with Crippen LogP contribution < -0.4 is 10.6 Å². The number of anilines is 1. The van der Waals surface area contributed by atoms with Crippen molar-refractivity contribution in [3.8, 4) is 0 Å². The van der Waals surface area contributed by atoms with Crippen molar-refractivity contribution < 1.29 is 4.39 Å². The van der Waals surface area contributed by atoms with Crippen LogP contribution in [0.1, 0.15) is 0 Å². The highest BCUT2D eigenvalue weighted by Crippen LogP contribution is 2.16. The normalized spacial score (nSPS) is 17.1. The highest BCUT2D eigenvalue weighted by molar-refractivity contribution is 7.80. The fraction of sp³-hybridized carbons (Fsp3) is 0.417. The molecule has 1 aromatic carbocycles. The number of nitrogens with zero attached hydrogens (tertiary/aromatic N) is 2. The number of halogens is 1. The van der Waals surface area contributed by atoms with E-state index in [1.54, 1.807) is 0 Å². The van der Waals surface area contributed by atoms with Crippen molar-refractivity contribution in [2.45, 2.75) is 0 Å². The maximum atomic E-state index is 12.8. The van der Waals surface area contributed by atoms with E-state index in [9.17, 15) is 4.39 Å². The fourth-order valence-corrected chi connectivity index (χ4v) is 2.22. The van der Waals surface area contributed by atoms with Crippen LogP contribution in [0, 0.1) is 5.82 Å². The number of piperazine rings is 1. The molecule has 0 unspecified atom stereocenters. The van der Waals surface area contributed by atoms with Crippen molar-refractivity contribution in [2.24, 2.45) is 5.73 Å². The Bertz CT molecular complexity index is 385. The van der Waals surface area contributed by atoms with Gasteiger partial charge in [-0.1, -0.05) is 12.2 Å². The zero-order valence-corrected chi connectivity index (χ0v) is 10.4. The largest absolute Gasteiger partial charge is 0.392 e. The number of hydrogen-bond acceptors (Lipinski definition) is 3. The molecule has 0 atom stereocenters. The SMILES string of the molecule is NC(=S)CN1CCN(c2ccc(F)cc2)CC1. The number of thiocarbonyl (C=S) groups is 1. The minimum absolute atomic E-state index is 0.194. The molecule has 92 valence electrons. The van der Waals surface area contributed by atoms with Gasteiger partial charge in [-0.3, -0.25) is 4.90 Å². The first kappa shape index (κ1) is 12.3. The lowest BCUT2D eigenvalue weighted by Gasteiger charge is -2.35. The summed E-state index contributed by atoms with van der Waals surface area (Å²) in [7, 11) is 0. The van der Waals surface area contributed by atoms with E-state index < -0.39 is 0 Å². The first-order valence-electron chi connectivity index (χ1n) is 5.66. The zero-order valence-electron chi connectivity index (χ0n) is 9.60. The van der Waals surface area contributed by atoms with E-state index in [-0.39, 0.29) is 5.82 Å². The van der Waals surface area contributed by atoms with Crippen molar-refractivity contribution in [3.05, 3.63) is 30.1 Å². The second-order valence-corrected chi connectivity index (χ2v) is 4.73. The summed E-state index contributed by atoms with van der Waals surface area (Å²) >= 11 is 4.89. The molecule has 1 aromatic rings. The minimum Gasteiger partial charge on any atom is -0.392 e.